The molecule has 6 nitrogen and oxygen atoms in total. The van der Waals surface area contributed by atoms with Crippen LogP contribution in [0.25, 0.3) is 0 Å². The first-order valence-electron chi connectivity index (χ1n) is 10.1. The summed E-state index contributed by atoms with van der Waals surface area (Å²) in [6, 6.07) is 5.48. The van der Waals surface area contributed by atoms with Crippen LogP contribution in [0.3, 0.4) is 0 Å². The number of nitrogens with one attached hydrogen (secondary N) is 1. The van der Waals surface area contributed by atoms with E-state index in [1.807, 2.05) is 25.7 Å². The summed E-state index contributed by atoms with van der Waals surface area (Å²) in [6.07, 6.45) is 4.30. The molecule has 2 aliphatic rings. The van der Waals surface area contributed by atoms with E-state index in [1.165, 1.54) is 12.1 Å². The maximum absolute atomic E-state index is 13.1. The lowest BCUT2D eigenvalue weighted by Gasteiger charge is -2.42. The quantitative estimate of drug-likeness (QED) is 0.801. The van der Waals surface area contributed by atoms with Gasteiger partial charge in [-0.05, 0) is 77.1 Å². The molecule has 28 heavy (non-hydrogen) atoms. The van der Waals surface area contributed by atoms with Crippen molar-refractivity contribution in [3.8, 4) is 0 Å². The number of halogens is 1. The molecule has 2 saturated heterocycles. The number of carbonyl (C=O) groups is 2. The third kappa shape index (κ3) is 4.94. The van der Waals surface area contributed by atoms with E-state index >= 15 is 0 Å². The fraction of sp³-hybridized carbons (Fsp3) is 0.619. The largest absolute Gasteiger partial charge is 0.444 e. The molecule has 7 heteroatoms. The number of nitrogens with zero attached hydrogens (tertiary/aromatic N) is 2. The Morgan fingerprint density at radius 1 is 1.00 bits per heavy atom. The first kappa shape index (κ1) is 20.4. The summed E-state index contributed by atoms with van der Waals surface area (Å²) in [6.45, 7) is 6.89. The minimum atomic E-state index is -0.545. The molecule has 0 saturated carbocycles. The van der Waals surface area contributed by atoms with Crippen molar-refractivity contribution in [2.45, 2.75) is 70.6 Å². The minimum Gasteiger partial charge on any atom is -0.444 e. The van der Waals surface area contributed by atoms with Crippen LogP contribution < -0.4 is 5.32 Å². The predicted molar refractivity (Wildman–Crippen MR) is 106 cm³/mol. The molecule has 0 aliphatic carbocycles. The second kappa shape index (κ2) is 8.37. The molecule has 0 spiro atoms. The third-order valence-electron chi connectivity index (χ3n) is 5.28. The summed E-state index contributed by atoms with van der Waals surface area (Å²) in [5.41, 5.74) is 0.0160. The van der Waals surface area contributed by atoms with Crippen LogP contribution in [0, 0.1) is 5.82 Å². The van der Waals surface area contributed by atoms with Crippen molar-refractivity contribution in [1.82, 2.24) is 9.80 Å². The number of anilines is 1. The third-order valence-corrected chi connectivity index (χ3v) is 5.28. The topological polar surface area (TPSA) is 61.9 Å². The van der Waals surface area contributed by atoms with Crippen LogP contribution in [0.1, 0.15) is 52.9 Å². The Bertz CT molecular complexity index is 702. The summed E-state index contributed by atoms with van der Waals surface area (Å²) >= 11 is 0. The van der Waals surface area contributed by atoms with Gasteiger partial charge in [-0.15, -0.1) is 0 Å². The second-order valence-corrected chi connectivity index (χ2v) is 8.58. The Morgan fingerprint density at radius 2 is 1.61 bits per heavy atom. The molecule has 0 bridgehead atoms. The molecule has 0 aromatic heterocycles. The molecule has 3 rings (SSSR count). The monoisotopic (exact) mass is 391 g/mol. The maximum Gasteiger partial charge on any atom is 0.410 e. The fourth-order valence-electron chi connectivity index (χ4n) is 4.08. The van der Waals surface area contributed by atoms with Crippen molar-refractivity contribution in [1.29, 1.82) is 0 Å². The number of rotatable bonds is 2. The molecule has 2 atom stereocenters. The Morgan fingerprint density at radius 3 is 2.29 bits per heavy atom. The van der Waals surface area contributed by atoms with Crippen LogP contribution in [0.2, 0.25) is 0 Å². The number of hydrogen-bond acceptors (Lipinski definition) is 3. The lowest BCUT2D eigenvalue weighted by molar-refractivity contribution is 0.0121. The molecule has 1 N–H and O–H groups in total. The van der Waals surface area contributed by atoms with E-state index in [1.54, 1.807) is 17.0 Å². The first-order chi connectivity index (χ1) is 13.2. The lowest BCUT2D eigenvalue weighted by Crippen LogP contribution is -2.56. The van der Waals surface area contributed by atoms with Crippen molar-refractivity contribution in [2.75, 3.05) is 18.4 Å². The molecular weight excluding hydrogens is 361 g/mol. The number of carbonyl (C=O) groups excluding carboxylic acids is 2. The summed E-state index contributed by atoms with van der Waals surface area (Å²) < 4.78 is 18.7. The number of likely N-dealkylation sites (tertiary alicyclic amines) is 2. The Kier molecular flexibility index (Phi) is 6.10. The highest BCUT2D eigenvalue weighted by atomic mass is 19.1. The average molecular weight is 391 g/mol. The van der Waals surface area contributed by atoms with Crippen LogP contribution >= 0.6 is 0 Å². The van der Waals surface area contributed by atoms with E-state index in [4.69, 9.17) is 4.74 Å². The van der Waals surface area contributed by atoms with E-state index in [2.05, 4.69) is 5.32 Å². The number of urea groups is 1. The SMILES string of the molecule is CC(C)(C)OC(=O)N1CCC[C@H]1[C@@H]1CCCCN1C(=O)Nc1ccc(F)cc1. The molecule has 154 valence electrons. The highest BCUT2D eigenvalue weighted by Crippen LogP contribution is 2.31. The van der Waals surface area contributed by atoms with Gasteiger partial charge in [-0.2, -0.15) is 0 Å². The van der Waals surface area contributed by atoms with Crippen molar-refractivity contribution < 1.29 is 18.7 Å². The van der Waals surface area contributed by atoms with Gasteiger partial charge in [0.15, 0.2) is 0 Å². The summed E-state index contributed by atoms with van der Waals surface area (Å²) in [5, 5.41) is 2.86. The second-order valence-electron chi connectivity index (χ2n) is 8.58. The first-order valence-corrected chi connectivity index (χ1v) is 10.1. The number of hydrogen-bond donors (Lipinski definition) is 1. The van der Waals surface area contributed by atoms with E-state index in [0.29, 0.717) is 18.8 Å². The summed E-state index contributed by atoms with van der Waals surface area (Å²) in [4.78, 5) is 29.2. The van der Waals surface area contributed by atoms with E-state index in [-0.39, 0.29) is 30.0 Å². The van der Waals surface area contributed by atoms with Gasteiger partial charge in [0, 0.05) is 18.8 Å². The van der Waals surface area contributed by atoms with Gasteiger partial charge in [-0.1, -0.05) is 0 Å². The highest BCUT2D eigenvalue weighted by Gasteiger charge is 2.41. The Balaban J connectivity index is 1.71. The van der Waals surface area contributed by atoms with Crippen LogP contribution in [-0.4, -0.2) is 52.7 Å². The Labute approximate surface area is 166 Å². The van der Waals surface area contributed by atoms with Gasteiger partial charge >= 0.3 is 12.1 Å². The normalized spacial score (nSPS) is 22.9. The van der Waals surface area contributed by atoms with Gasteiger partial charge in [0.05, 0.1) is 12.1 Å². The molecule has 3 amide bonds. The predicted octanol–water partition coefficient (Wildman–Crippen LogP) is 4.61. The smallest absolute Gasteiger partial charge is 0.410 e. The van der Waals surface area contributed by atoms with Crippen molar-refractivity contribution in [3.63, 3.8) is 0 Å². The molecular formula is C21H30FN3O3. The van der Waals surface area contributed by atoms with Gasteiger partial charge in [0.25, 0.3) is 0 Å². The van der Waals surface area contributed by atoms with E-state index in [0.717, 1.165) is 32.1 Å². The lowest BCUT2D eigenvalue weighted by atomic mass is 9.94. The van der Waals surface area contributed by atoms with Crippen molar-refractivity contribution in [2.24, 2.45) is 0 Å². The maximum atomic E-state index is 13.1. The van der Waals surface area contributed by atoms with Gasteiger partial charge in [0.2, 0.25) is 0 Å². The molecule has 2 aliphatic heterocycles. The molecule has 0 unspecified atom stereocenters. The molecule has 1 aromatic carbocycles. The minimum absolute atomic E-state index is 0.0332. The summed E-state index contributed by atoms with van der Waals surface area (Å²) in [7, 11) is 0. The summed E-state index contributed by atoms with van der Waals surface area (Å²) in [5.74, 6) is -0.340. The molecule has 2 fully saturated rings. The zero-order chi connectivity index (χ0) is 20.3. The zero-order valence-corrected chi connectivity index (χ0v) is 16.9. The molecule has 2 heterocycles. The number of piperidine rings is 1. The van der Waals surface area contributed by atoms with Crippen molar-refractivity contribution >= 4 is 17.8 Å². The van der Waals surface area contributed by atoms with Gasteiger partial charge in [-0.3, -0.25) is 0 Å². The Hall–Kier alpha value is -2.31. The fourth-order valence-corrected chi connectivity index (χ4v) is 4.08. The number of ether oxygens (including phenoxy) is 1. The van der Waals surface area contributed by atoms with Crippen molar-refractivity contribution in [3.05, 3.63) is 30.1 Å². The zero-order valence-electron chi connectivity index (χ0n) is 16.9. The van der Waals surface area contributed by atoms with E-state index in [9.17, 15) is 14.0 Å². The van der Waals surface area contributed by atoms with Gasteiger partial charge < -0.3 is 19.9 Å². The van der Waals surface area contributed by atoms with Crippen LogP contribution in [0.4, 0.5) is 19.7 Å². The molecule has 0 radical (unpaired) electrons. The van der Waals surface area contributed by atoms with Gasteiger partial charge in [0.1, 0.15) is 11.4 Å². The number of amides is 3. The van der Waals surface area contributed by atoms with Crippen LogP contribution in [-0.2, 0) is 4.74 Å². The van der Waals surface area contributed by atoms with E-state index < -0.39 is 5.60 Å². The van der Waals surface area contributed by atoms with Crippen LogP contribution in [0.15, 0.2) is 24.3 Å². The highest BCUT2D eigenvalue weighted by molar-refractivity contribution is 5.89. The van der Waals surface area contributed by atoms with Gasteiger partial charge in [-0.25, -0.2) is 14.0 Å². The molecule has 1 aromatic rings. The number of benzene rings is 1. The standard InChI is InChI=1S/C21H30FN3O3/c1-21(2,3)28-20(27)25-14-6-8-18(25)17-7-4-5-13-24(17)19(26)23-16-11-9-15(22)10-12-16/h9-12,17-18H,4-8,13-14H2,1-3H3,(H,23,26)/t17-,18-/m0/s1. The average Bonchev–Trinajstić information content (AvgIpc) is 3.12. The van der Waals surface area contributed by atoms with Crippen LogP contribution in [0.5, 0.6) is 0 Å².